The molecule has 1 aromatic carbocycles. The summed E-state index contributed by atoms with van der Waals surface area (Å²) in [5.74, 6) is 2.00. The molecule has 3 heterocycles. The van der Waals surface area contributed by atoms with E-state index in [0.29, 0.717) is 0 Å². The molecular formula is C26H38N4O. The number of anilines is 1. The van der Waals surface area contributed by atoms with Crippen molar-refractivity contribution < 1.29 is 5.11 Å². The minimum absolute atomic E-state index is 0.212. The predicted molar refractivity (Wildman–Crippen MR) is 128 cm³/mol. The minimum atomic E-state index is -0.212. The van der Waals surface area contributed by atoms with E-state index in [0.717, 1.165) is 75.7 Å². The van der Waals surface area contributed by atoms with Gasteiger partial charge in [-0.1, -0.05) is 32.0 Å². The van der Waals surface area contributed by atoms with E-state index in [4.69, 9.17) is 9.97 Å². The highest BCUT2D eigenvalue weighted by atomic mass is 16.3. The third kappa shape index (κ3) is 4.93. The van der Waals surface area contributed by atoms with Crippen molar-refractivity contribution in [2.75, 3.05) is 31.1 Å². The Kier molecular flexibility index (Phi) is 7.24. The topological polar surface area (TPSA) is 52.5 Å². The van der Waals surface area contributed by atoms with Crippen LogP contribution in [0.3, 0.4) is 0 Å². The molecule has 5 nitrogen and oxygen atoms in total. The van der Waals surface area contributed by atoms with Crippen LogP contribution in [-0.4, -0.2) is 52.3 Å². The summed E-state index contributed by atoms with van der Waals surface area (Å²) in [5.41, 5.74) is 6.21. The molecule has 1 N–H and O–H groups in total. The first-order valence-electron chi connectivity index (χ1n) is 12.2. The summed E-state index contributed by atoms with van der Waals surface area (Å²) in [7, 11) is 0. The summed E-state index contributed by atoms with van der Waals surface area (Å²) < 4.78 is 0. The van der Waals surface area contributed by atoms with Crippen LogP contribution in [0, 0.1) is 6.92 Å². The third-order valence-corrected chi connectivity index (χ3v) is 6.93. The van der Waals surface area contributed by atoms with Crippen molar-refractivity contribution in [1.29, 1.82) is 0 Å². The van der Waals surface area contributed by atoms with Gasteiger partial charge in [0.15, 0.2) is 5.82 Å². The second-order valence-corrected chi connectivity index (χ2v) is 9.17. The van der Waals surface area contributed by atoms with Crippen LogP contribution in [-0.2, 0) is 19.4 Å². The molecule has 1 unspecified atom stereocenters. The number of likely N-dealkylation sites (tertiary alicyclic amines) is 1. The lowest BCUT2D eigenvalue weighted by Gasteiger charge is -2.34. The fourth-order valence-corrected chi connectivity index (χ4v) is 5.17. The first-order chi connectivity index (χ1) is 15.1. The second-order valence-electron chi connectivity index (χ2n) is 9.17. The van der Waals surface area contributed by atoms with E-state index in [2.05, 4.69) is 48.8 Å². The van der Waals surface area contributed by atoms with Crippen molar-refractivity contribution in [1.82, 2.24) is 14.9 Å². The SMILES string of the molecule is CCc1cccc(CC)c1-c1nc(C)c(CN2CCCC(O)C2)c(N2CCCCC2)n1. The van der Waals surface area contributed by atoms with Crippen LogP contribution in [0.25, 0.3) is 11.4 Å². The smallest absolute Gasteiger partial charge is 0.162 e. The molecule has 0 saturated carbocycles. The minimum Gasteiger partial charge on any atom is -0.392 e. The van der Waals surface area contributed by atoms with Gasteiger partial charge in [0, 0.05) is 43.0 Å². The molecule has 2 aromatic rings. The van der Waals surface area contributed by atoms with Gasteiger partial charge in [-0.2, -0.15) is 0 Å². The Bertz CT molecular complexity index is 869. The van der Waals surface area contributed by atoms with Gasteiger partial charge in [-0.05, 0) is 69.5 Å². The Labute approximate surface area is 187 Å². The quantitative estimate of drug-likeness (QED) is 0.742. The van der Waals surface area contributed by atoms with Crippen LogP contribution in [0.5, 0.6) is 0 Å². The van der Waals surface area contributed by atoms with Gasteiger partial charge in [0.05, 0.1) is 6.10 Å². The third-order valence-electron chi connectivity index (χ3n) is 6.93. The molecule has 0 aliphatic carbocycles. The van der Waals surface area contributed by atoms with Gasteiger partial charge in [0.2, 0.25) is 0 Å². The number of piperidine rings is 2. The van der Waals surface area contributed by atoms with Gasteiger partial charge < -0.3 is 10.0 Å². The van der Waals surface area contributed by atoms with Crippen molar-refractivity contribution in [3.05, 3.63) is 40.6 Å². The number of benzene rings is 1. The Morgan fingerprint density at radius 1 is 0.968 bits per heavy atom. The van der Waals surface area contributed by atoms with Gasteiger partial charge in [-0.15, -0.1) is 0 Å². The molecule has 0 bridgehead atoms. The number of β-amino-alcohol motifs (C(OH)–C–C–N with tert-alkyl or cyclic N) is 1. The fourth-order valence-electron chi connectivity index (χ4n) is 5.17. The van der Waals surface area contributed by atoms with Crippen molar-refractivity contribution >= 4 is 5.82 Å². The molecule has 2 aliphatic heterocycles. The van der Waals surface area contributed by atoms with E-state index in [9.17, 15) is 5.11 Å². The standard InChI is InChI=1S/C26H38N4O/c1-4-20-11-9-12-21(5-2)24(20)25-27-19(3)23(18-29-14-10-13-22(31)17-29)26(28-25)30-15-7-6-8-16-30/h9,11-12,22,31H,4-8,10,13-18H2,1-3H3. The van der Waals surface area contributed by atoms with E-state index < -0.39 is 0 Å². The van der Waals surface area contributed by atoms with Crippen LogP contribution < -0.4 is 4.90 Å². The van der Waals surface area contributed by atoms with Crippen LogP contribution in [0.4, 0.5) is 5.82 Å². The normalized spacial score (nSPS) is 20.3. The van der Waals surface area contributed by atoms with Crippen LogP contribution >= 0.6 is 0 Å². The number of aromatic nitrogens is 2. The average molecular weight is 423 g/mol. The zero-order chi connectivity index (χ0) is 21.8. The molecule has 168 valence electrons. The van der Waals surface area contributed by atoms with Crippen LogP contribution in [0.1, 0.15) is 68.3 Å². The summed E-state index contributed by atoms with van der Waals surface area (Å²) in [6, 6.07) is 6.60. The zero-order valence-corrected chi connectivity index (χ0v) is 19.5. The van der Waals surface area contributed by atoms with Gasteiger partial charge in [0.25, 0.3) is 0 Å². The van der Waals surface area contributed by atoms with E-state index in [-0.39, 0.29) is 6.10 Å². The molecule has 1 atom stereocenters. The largest absolute Gasteiger partial charge is 0.392 e. The number of rotatable bonds is 6. The fraction of sp³-hybridized carbons (Fsp3) is 0.615. The molecule has 0 radical (unpaired) electrons. The Morgan fingerprint density at radius 2 is 1.68 bits per heavy atom. The highest BCUT2D eigenvalue weighted by molar-refractivity contribution is 5.68. The van der Waals surface area contributed by atoms with Gasteiger partial charge in [0.1, 0.15) is 5.82 Å². The summed E-state index contributed by atoms with van der Waals surface area (Å²) in [5, 5.41) is 10.2. The lowest BCUT2D eigenvalue weighted by atomic mass is 9.96. The summed E-state index contributed by atoms with van der Waals surface area (Å²) in [6.45, 7) is 11.3. The summed E-state index contributed by atoms with van der Waals surface area (Å²) in [6.07, 6.45) is 7.49. The molecular weight excluding hydrogens is 384 g/mol. The van der Waals surface area contributed by atoms with Crippen molar-refractivity contribution in [3.8, 4) is 11.4 Å². The van der Waals surface area contributed by atoms with Crippen LogP contribution in [0.15, 0.2) is 18.2 Å². The average Bonchev–Trinajstić information content (AvgIpc) is 2.80. The molecule has 4 rings (SSSR count). The van der Waals surface area contributed by atoms with E-state index >= 15 is 0 Å². The molecule has 0 amide bonds. The molecule has 31 heavy (non-hydrogen) atoms. The number of aliphatic hydroxyl groups excluding tert-OH is 1. The number of aryl methyl sites for hydroxylation is 3. The summed E-state index contributed by atoms with van der Waals surface area (Å²) >= 11 is 0. The predicted octanol–water partition coefficient (Wildman–Crippen LogP) is 4.52. The molecule has 2 fully saturated rings. The Hall–Kier alpha value is -1.98. The number of nitrogens with zero attached hydrogens (tertiary/aromatic N) is 4. The highest BCUT2D eigenvalue weighted by Gasteiger charge is 2.25. The highest BCUT2D eigenvalue weighted by Crippen LogP contribution is 2.32. The maximum Gasteiger partial charge on any atom is 0.162 e. The van der Waals surface area contributed by atoms with Crippen molar-refractivity contribution in [3.63, 3.8) is 0 Å². The summed E-state index contributed by atoms with van der Waals surface area (Å²) in [4.78, 5) is 15.2. The monoisotopic (exact) mass is 422 g/mol. The first-order valence-corrected chi connectivity index (χ1v) is 12.2. The molecule has 5 heteroatoms. The van der Waals surface area contributed by atoms with E-state index in [1.165, 1.54) is 41.5 Å². The van der Waals surface area contributed by atoms with Gasteiger partial charge >= 0.3 is 0 Å². The van der Waals surface area contributed by atoms with Gasteiger partial charge in [-0.25, -0.2) is 9.97 Å². The number of hydrogen-bond donors (Lipinski definition) is 1. The lowest BCUT2D eigenvalue weighted by molar-refractivity contribution is 0.0667. The molecule has 1 aromatic heterocycles. The maximum absolute atomic E-state index is 10.2. The molecule has 2 saturated heterocycles. The van der Waals surface area contributed by atoms with Crippen molar-refractivity contribution in [2.45, 2.75) is 78.4 Å². The van der Waals surface area contributed by atoms with E-state index in [1.807, 2.05) is 0 Å². The van der Waals surface area contributed by atoms with Crippen molar-refractivity contribution in [2.24, 2.45) is 0 Å². The number of hydrogen-bond acceptors (Lipinski definition) is 5. The van der Waals surface area contributed by atoms with E-state index in [1.54, 1.807) is 0 Å². The second kappa shape index (κ2) is 10.1. The zero-order valence-electron chi connectivity index (χ0n) is 19.5. The Balaban J connectivity index is 1.78. The van der Waals surface area contributed by atoms with Crippen LogP contribution in [0.2, 0.25) is 0 Å². The Morgan fingerprint density at radius 3 is 2.32 bits per heavy atom. The molecule has 2 aliphatic rings. The number of aliphatic hydroxyl groups is 1. The first kappa shape index (κ1) is 22.2. The van der Waals surface area contributed by atoms with Gasteiger partial charge in [-0.3, -0.25) is 4.90 Å². The lowest BCUT2D eigenvalue weighted by Crippen LogP contribution is -2.39. The maximum atomic E-state index is 10.2. The molecule has 0 spiro atoms.